The number of hydrogen-bond donors (Lipinski definition) is 1. The number of hydrogen-bond acceptors (Lipinski definition) is 5. The van der Waals surface area contributed by atoms with E-state index in [1.807, 2.05) is 11.0 Å². The smallest absolute Gasteiger partial charge is 0.332 e. The van der Waals surface area contributed by atoms with Gasteiger partial charge in [0.2, 0.25) is 5.91 Å². The number of rotatable bonds is 6. The summed E-state index contributed by atoms with van der Waals surface area (Å²) in [5.41, 5.74) is 0.332. The van der Waals surface area contributed by atoms with Crippen LogP contribution in [0, 0.1) is 17.7 Å². The summed E-state index contributed by atoms with van der Waals surface area (Å²) < 4.78 is 16.0. The molecule has 8 nitrogen and oxygen atoms in total. The van der Waals surface area contributed by atoms with E-state index in [2.05, 4.69) is 10.2 Å². The van der Waals surface area contributed by atoms with Crippen LogP contribution >= 0.6 is 0 Å². The maximum absolute atomic E-state index is 13.4. The highest BCUT2D eigenvalue weighted by molar-refractivity contribution is 5.79. The van der Waals surface area contributed by atoms with Crippen molar-refractivity contribution in [1.82, 2.24) is 19.4 Å². The van der Waals surface area contributed by atoms with Crippen LogP contribution in [-0.4, -0.2) is 52.7 Å². The summed E-state index contributed by atoms with van der Waals surface area (Å²) in [6.07, 6.45) is 3.43. The first-order valence-corrected chi connectivity index (χ1v) is 12.1. The van der Waals surface area contributed by atoms with Crippen molar-refractivity contribution in [2.75, 3.05) is 37.6 Å². The fourth-order valence-electron chi connectivity index (χ4n) is 5.03. The van der Waals surface area contributed by atoms with E-state index in [9.17, 15) is 18.8 Å². The van der Waals surface area contributed by atoms with Gasteiger partial charge in [-0.3, -0.25) is 23.6 Å². The largest absolute Gasteiger partial charge is 0.358 e. The van der Waals surface area contributed by atoms with Crippen molar-refractivity contribution in [3.8, 4) is 0 Å². The van der Waals surface area contributed by atoms with Gasteiger partial charge >= 0.3 is 5.69 Å². The third-order valence-electron chi connectivity index (χ3n) is 7.26. The van der Waals surface area contributed by atoms with E-state index in [4.69, 9.17) is 0 Å². The van der Waals surface area contributed by atoms with Crippen molar-refractivity contribution in [3.05, 3.63) is 62.6 Å². The number of nitrogens with one attached hydrogen (secondary N) is 1. The zero-order valence-electron chi connectivity index (χ0n) is 20.0. The molecule has 0 aliphatic carbocycles. The summed E-state index contributed by atoms with van der Waals surface area (Å²) in [5, 5.41) is 3.15. The highest BCUT2D eigenvalue weighted by atomic mass is 19.1. The molecule has 1 N–H and O–H groups in total. The first-order valence-electron chi connectivity index (χ1n) is 12.1. The highest BCUT2D eigenvalue weighted by Gasteiger charge is 2.27. The Labute approximate surface area is 199 Å². The number of carbonyl (C=O) groups is 1. The summed E-state index contributed by atoms with van der Waals surface area (Å²) >= 11 is 0. The third-order valence-corrected chi connectivity index (χ3v) is 7.26. The van der Waals surface area contributed by atoms with Gasteiger partial charge in [-0.25, -0.2) is 9.18 Å². The SMILES string of the molecule is Cn1c(N2CCC(C(=O)NCC3CCN(Cc4cccc(F)c4)CC3)CC2)cc(=O)n(C)c1=O. The van der Waals surface area contributed by atoms with Gasteiger partial charge in [-0.1, -0.05) is 12.1 Å². The van der Waals surface area contributed by atoms with Crippen LogP contribution in [0.4, 0.5) is 10.2 Å². The second kappa shape index (κ2) is 10.5. The van der Waals surface area contributed by atoms with Crippen LogP contribution in [0.3, 0.4) is 0 Å². The Morgan fingerprint density at radius 1 is 1.00 bits per heavy atom. The summed E-state index contributed by atoms with van der Waals surface area (Å²) in [6.45, 7) is 4.62. The number of carbonyl (C=O) groups excluding carboxylic acids is 1. The Balaban J connectivity index is 1.20. The maximum atomic E-state index is 13.4. The molecular weight excluding hydrogens is 437 g/mol. The van der Waals surface area contributed by atoms with E-state index in [0.717, 1.165) is 42.6 Å². The topological polar surface area (TPSA) is 79.6 Å². The molecule has 2 aliphatic rings. The quantitative estimate of drug-likeness (QED) is 0.690. The van der Waals surface area contributed by atoms with Crippen LogP contribution in [0.5, 0.6) is 0 Å². The lowest BCUT2D eigenvalue weighted by Crippen LogP contribution is -2.45. The Morgan fingerprint density at radius 3 is 2.38 bits per heavy atom. The average molecular weight is 472 g/mol. The third kappa shape index (κ3) is 5.58. The van der Waals surface area contributed by atoms with Crippen LogP contribution in [0.15, 0.2) is 39.9 Å². The van der Waals surface area contributed by atoms with E-state index in [1.165, 1.54) is 23.7 Å². The summed E-state index contributed by atoms with van der Waals surface area (Å²) in [6, 6.07) is 8.25. The zero-order valence-corrected chi connectivity index (χ0v) is 20.0. The van der Waals surface area contributed by atoms with Gasteiger partial charge in [0.1, 0.15) is 11.6 Å². The number of amides is 1. The molecule has 9 heteroatoms. The molecule has 3 heterocycles. The molecule has 0 spiro atoms. The lowest BCUT2D eigenvalue weighted by Gasteiger charge is -2.34. The first-order chi connectivity index (χ1) is 16.3. The van der Waals surface area contributed by atoms with Gasteiger partial charge in [-0.05, 0) is 62.4 Å². The number of halogens is 1. The summed E-state index contributed by atoms with van der Waals surface area (Å²) in [7, 11) is 3.14. The van der Waals surface area contributed by atoms with Crippen molar-refractivity contribution in [2.24, 2.45) is 25.9 Å². The molecule has 0 atom stereocenters. The zero-order chi connectivity index (χ0) is 24.2. The van der Waals surface area contributed by atoms with Crippen LogP contribution in [0.25, 0.3) is 0 Å². The molecule has 2 fully saturated rings. The molecule has 0 saturated carbocycles. The number of benzene rings is 1. The normalized spacial score (nSPS) is 18.3. The second-order valence-electron chi connectivity index (χ2n) is 9.60. The number of piperidine rings is 2. The minimum absolute atomic E-state index is 0.0483. The Hall–Kier alpha value is -2.94. The number of anilines is 1. The molecule has 4 rings (SSSR count). The van der Waals surface area contributed by atoms with Gasteiger partial charge in [-0.2, -0.15) is 0 Å². The van der Waals surface area contributed by atoms with E-state index >= 15 is 0 Å². The van der Waals surface area contributed by atoms with Gasteiger partial charge in [0.25, 0.3) is 5.56 Å². The predicted octanol–water partition coefficient (Wildman–Crippen LogP) is 1.47. The fourth-order valence-corrected chi connectivity index (χ4v) is 5.03. The van der Waals surface area contributed by atoms with E-state index in [0.29, 0.717) is 44.2 Å². The molecule has 2 saturated heterocycles. The predicted molar refractivity (Wildman–Crippen MR) is 129 cm³/mol. The van der Waals surface area contributed by atoms with Crippen LogP contribution in [-0.2, 0) is 25.4 Å². The molecule has 0 unspecified atom stereocenters. The van der Waals surface area contributed by atoms with Gasteiger partial charge in [-0.15, -0.1) is 0 Å². The lowest BCUT2D eigenvalue weighted by molar-refractivity contribution is -0.125. The van der Waals surface area contributed by atoms with Crippen LogP contribution < -0.4 is 21.5 Å². The van der Waals surface area contributed by atoms with Gasteiger partial charge in [0.05, 0.1) is 0 Å². The monoisotopic (exact) mass is 471 g/mol. The van der Waals surface area contributed by atoms with Crippen molar-refractivity contribution < 1.29 is 9.18 Å². The molecule has 2 aliphatic heterocycles. The summed E-state index contributed by atoms with van der Waals surface area (Å²) in [5.74, 6) is 0.922. The van der Waals surface area contributed by atoms with Crippen molar-refractivity contribution in [1.29, 1.82) is 0 Å². The molecule has 0 bridgehead atoms. The molecule has 184 valence electrons. The maximum Gasteiger partial charge on any atom is 0.332 e. The molecule has 1 aromatic carbocycles. The molecule has 1 amide bonds. The molecule has 34 heavy (non-hydrogen) atoms. The molecule has 0 radical (unpaired) electrons. The van der Waals surface area contributed by atoms with Crippen LogP contribution in [0.1, 0.15) is 31.2 Å². The minimum Gasteiger partial charge on any atom is -0.358 e. The van der Waals surface area contributed by atoms with Gasteiger partial charge < -0.3 is 10.2 Å². The number of likely N-dealkylation sites (tertiary alicyclic amines) is 1. The number of nitrogens with zero attached hydrogens (tertiary/aromatic N) is 4. The number of aromatic nitrogens is 2. The minimum atomic E-state index is -0.343. The van der Waals surface area contributed by atoms with E-state index < -0.39 is 0 Å². The van der Waals surface area contributed by atoms with Gasteiger partial charge in [0.15, 0.2) is 0 Å². The van der Waals surface area contributed by atoms with Crippen LogP contribution in [0.2, 0.25) is 0 Å². The average Bonchev–Trinajstić information content (AvgIpc) is 2.84. The molecule has 1 aromatic heterocycles. The lowest BCUT2D eigenvalue weighted by atomic mass is 9.94. The van der Waals surface area contributed by atoms with Crippen molar-refractivity contribution >= 4 is 11.7 Å². The van der Waals surface area contributed by atoms with E-state index in [1.54, 1.807) is 19.2 Å². The Morgan fingerprint density at radius 2 is 1.71 bits per heavy atom. The van der Waals surface area contributed by atoms with Gasteiger partial charge in [0, 0.05) is 52.3 Å². The Bertz CT molecular complexity index is 1130. The fraction of sp³-hybridized carbons (Fsp3) is 0.560. The van der Waals surface area contributed by atoms with Crippen molar-refractivity contribution in [3.63, 3.8) is 0 Å². The Kier molecular flexibility index (Phi) is 7.50. The highest BCUT2D eigenvalue weighted by Crippen LogP contribution is 2.23. The first kappa shape index (κ1) is 24.2. The standard InChI is InChI=1S/C25H34FN5O3/c1-28-22(15-23(32)29(2)25(28)34)31-12-8-20(9-13-31)24(33)27-16-18-6-10-30(11-7-18)17-19-4-3-5-21(26)14-19/h3-5,14-15,18,20H,6-13,16-17H2,1-2H3,(H,27,33). The molecule has 2 aromatic rings. The second-order valence-corrected chi connectivity index (χ2v) is 9.60. The summed E-state index contributed by atoms with van der Waals surface area (Å²) in [4.78, 5) is 41.3. The van der Waals surface area contributed by atoms with E-state index in [-0.39, 0.29) is 28.9 Å². The van der Waals surface area contributed by atoms with Crippen molar-refractivity contribution in [2.45, 2.75) is 32.2 Å². The molecular formula is C25H34FN5O3.